The summed E-state index contributed by atoms with van der Waals surface area (Å²) in [5, 5.41) is 25.9. The first-order valence-electron chi connectivity index (χ1n) is 9.47. The lowest BCUT2D eigenvalue weighted by Crippen LogP contribution is -2.23. The standard InChI is InChI=1S/C22H24N2O6/c1-22(2,3)18-10-19(24-30-18)23-21(28)20(27)16-8-9-17(29-12-13(26)11-25)15-7-5-4-6-14(15)16/h4-10,13,25-26H,11-12H2,1-3H3,(H,23,24,28). The van der Waals surface area contributed by atoms with Crippen LogP contribution in [0.1, 0.15) is 36.9 Å². The third-order valence-electron chi connectivity index (χ3n) is 4.47. The number of benzene rings is 2. The van der Waals surface area contributed by atoms with Crippen molar-refractivity contribution in [2.75, 3.05) is 18.5 Å². The Kier molecular flexibility index (Phi) is 6.19. The van der Waals surface area contributed by atoms with Crippen LogP contribution in [-0.2, 0) is 10.2 Å². The first kappa shape index (κ1) is 21.5. The van der Waals surface area contributed by atoms with Gasteiger partial charge in [0.2, 0.25) is 0 Å². The Hall–Kier alpha value is -3.23. The highest BCUT2D eigenvalue weighted by Crippen LogP contribution is 2.29. The molecule has 1 heterocycles. The van der Waals surface area contributed by atoms with Crippen molar-refractivity contribution in [1.82, 2.24) is 5.16 Å². The van der Waals surface area contributed by atoms with Crippen LogP contribution < -0.4 is 10.1 Å². The van der Waals surface area contributed by atoms with Gasteiger partial charge in [0.1, 0.15) is 24.2 Å². The predicted molar refractivity (Wildman–Crippen MR) is 111 cm³/mol. The monoisotopic (exact) mass is 412 g/mol. The highest BCUT2D eigenvalue weighted by atomic mass is 16.5. The zero-order valence-corrected chi connectivity index (χ0v) is 17.0. The Balaban J connectivity index is 1.84. The number of carbonyl (C=O) groups excluding carboxylic acids is 2. The molecule has 3 N–H and O–H groups in total. The van der Waals surface area contributed by atoms with Crippen molar-refractivity contribution in [3.8, 4) is 5.75 Å². The summed E-state index contributed by atoms with van der Waals surface area (Å²) in [4.78, 5) is 25.3. The second kappa shape index (κ2) is 8.64. The molecule has 0 bridgehead atoms. The van der Waals surface area contributed by atoms with Gasteiger partial charge in [0.05, 0.1) is 6.61 Å². The Morgan fingerprint density at radius 3 is 2.50 bits per heavy atom. The Labute approximate surface area is 173 Å². The number of anilines is 1. The summed E-state index contributed by atoms with van der Waals surface area (Å²) in [6.45, 7) is 5.31. The van der Waals surface area contributed by atoms with E-state index in [0.717, 1.165) is 0 Å². The number of ether oxygens (including phenoxy) is 1. The number of Topliss-reactive ketones (excluding diaryl/α,β-unsaturated/α-hetero) is 1. The van der Waals surface area contributed by atoms with Crippen molar-refractivity contribution in [2.24, 2.45) is 0 Å². The number of fused-ring (bicyclic) bond motifs is 1. The van der Waals surface area contributed by atoms with Crippen LogP contribution in [0.15, 0.2) is 47.0 Å². The minimum absolute atomic E-state index is 0.101. The molecule has 0 aliphatic carbocycles. The average molecular weight is 412 g/mol. The zero-order valence-electron chi connectivity index (χ0n) is 17.0. The maximum atomic E-state index is 12.8. The van der Waals surface area contributed by atoms with Gasteiger partial charge in [-0.05, 0) is 17.5 Å². The maximum absolute atomic E-state index is 12.8. The number of aromatic nitrogens is 1. The maximum Gasteiger partial charge on any atom is 0.298 e. The van der Waals surface area contributed by atoms with E-state index in [1.54, 1.807) is 36.4 Å². The number of hydrogen-bond acceptors (Lipinski definition) is 7. The number of ketones is 1. The summed E-state index contributed by atoms with van der Waals surface area (Å²) in [6.07, 6.45) is -1.02. The van der Waals surface area contributed by atoms with Gasteiger partial charge in [-0.25, -0.2) is 0 Å². The van der Waals surface area contributed by atoms with Gasteiger partial charge in [-0.3, -0.25) is 9.59 Å². The topological polar surface area (TPSA) is 122 Å². The number of nitrogens with zero attached hydrogens (tertiary/aromatic N) is 1. The van der Waals surface area contributed by atoms with Gasteiger partial charge in [0.15, 0.2) is 5.82 Å². The molecule has 0 saturated carbocycles. The number of hydrogen-bond donors (Lipinski definition) is 3. The number of nitrogens with one attached hydrogen (secondary N) is 1. The molecule has 0 aliphatic heterocycles. The van der Waals surface area contributed by atoms with E-state index in [-0.39, 0.29) is 23.4 Å². The van der Waals surface area contributed by atoms with Crippen LogP contribution in [-0.4, -0.2) is 46.4 Å². The van der Waals surface area contributed by atoms with Gasteiger partial charge in [0.25, 0.3) is 11.7 Å². The number of aliphatic hydroxyl groups excluding tert-OH is 2. The molecule has 0 spiro atoms. The number of aliphatic hydroxyl groups is 2. The normalized spacial score (nSPS) is 12.6. The lowest BCUT2D eigenvalue weighted by atomic mass is 9.93. The van der Waals surface area contributed by atoms with Crippen LogP contribution in [0.3, 0.4) is 0 Å². The molecule has 2 aromatic carbocycles. The fourth-order valence-electron chi connectivity index (χ4n) is 2.82. The van der Waals surface area contributed by atoms with E-state index in [0.29, 0.717) is 22.3 Å². The summed E-state index contributed by atoms with van der Waals surface area (Å²) >= 11 is 0. The van der Waals surface area contributed by atoms with Crippen LogP contribution in [0.2, 0.25) is 0 Å². The lowest BCUT2D eigenvalue weighted by Gasteiger charge is -2.14. The van der Waals surface area contributed by atoms with Gasteiger partial charge in [0, 0.05) is 22.4 Å². The molecule has 158 valence electrons. The van der Waals surface area contributed by atoms with Crippen molar-refractivity contribution in [2.45, 2.75) is 32.3 Å². The van der Waals surface area contributed by atoms with Gasteiger partial charge in [-0.15, -0.1) is 0 Å². The number of carbonyl (C=O) groups is 2. The first-order valence-corrected chi connectivity index (χ1v) is 9.47. The molecule has 0 radical (unpaired) electrons. The molecule has 8 heteroatoms. The molecule has 3 rings (SSSR count). The Morgan fingerprint density at radius 2 is 1.87 bits per heavy atom. The summed E-state index contributed by atoms with van der Waals surface area (Å²) in [5.74, 6) is -0.379. The van der Waals surface area contributed by atoms with Crippen molar-refractivity contribution in [3.63, 3.8) is 0 Å². The zero-order chi connectivity index (χ0) is 21.9. The van der Waals surface area contributed by atoms with E-state index >= 15 is 0 Å². The fraction of sp³-hybridized carbons (Fsp3) is 0.318. The number of amides is 1. The van der Waals surface area contributed by atoms with Gasteiger partial charge < -0.3 is 24.8 Å². The van der Waals surface area contributed by atoms with Crippen LogP contribution in [0, 0.1) is 0 Å². The third-order valence-corrected chi connectivity index (χ3v) is 4.47. The molecule has 1 unspecified atom stereocenters. The minimum atomic E-state index is -1.02. The largest absolute Gasteiger partial charge is 0.490 e. The van der Waals surface area contributed by atoms with Crippen LogP contribution in [0.4, 0.5) is 5.82 Å². The summed E-state index contributed by atoms with van der Waals surface area (Å²) in [5.41, 5.74) is -0.0759. The molecule has 0 fully saturated rings. The highest BCUT2D eigenvalue weighted by molar-refractivity contribution is 6.48. The first-order chi connectivity index (χ1) is 14.2. The summed E-state index contributed by atoms with van der Waals surface area (Å²) < 4.78 is 10.8. The molecule has 1 atom stereocenters. The molecule has 0 aliphatic rings. The van der Waals surface area contributed by atoms with E-state index in [2.05, 4.69) is 10.5 Å². The molecule has 1 amide bonds. The van der Waals surface area contributed by atoms with Crippen LogP contribution in [0.25, 0.3) is 10.8 Å². The lowest BCUT2D eigenvalue weighted by molar-refractivity contribution is -0.112. The van der Waals surface area contributed by atoms with Gasteiger partial charge >= 0.3 is 0 Å². The highest BCUT2D eigenvalue weighted by Gasteiger charge is 2.24. The smallest absolute Gasteiger partial charge is 0.298 e. The van der Waals surface area contributed by atoms with Crippen LogP contribution >= 0.6 is 0 Å². The molecular weight excluding hydrogens is 388 g/mol. The second-order valence-corrected chi connectivity index (χ2v) is 7.91. The number of rotatable bonds is 7. The second-order valence-electron chi connectivity index (χ2n) is 7.91. The van der Waals surface area contributed by atoms with Gasteiger partial charge in [-0.1, -0.05) is 50.2 Å². The fourth-order valence-corrected chi connectivity index (χ4v) is 2.82. The molecule has 8 nitrogen and oxygen atoms in total. The molecular formula is C22H24N2O6. The predicted octanol–water partition coefficient (Wildman–Crippen LogP) is 2.68. The quantitative estimate of drug-likeness (QED) is 0.403. The summed E-state index contributed by atoms with van der Waals surface area (Å²) in [6, 6.07) is 11.6. The molecule has 3 aromatic rings. The Bertz CT molecular complexity index is 1070. The minimum Gasteiger partial charge on any atom is -0.490 e. The van der Waals surface area contributed by atoms with E-state index in [4.69, 9.17) is 14.4 Å². The SMILES string of the molecule is CC(C)(C)c1cc(NC(=O)C(=O)c2ccc(OCC(O)CO)c3ccccc23)no1. The van der Waals surface area contributed by atoms with E-state index in [1.165, 1.54) is 6.07 Å². The van der Waals surface area contributed by atoms with Gasteiger partial charge in [-0.2, -0.15) is 0 Å². The van der Waals surface area contributed by atoms with Crippen molar-refractivity contribution >= 4 is 28.3 Å². The average Bonchev–Trinajstić information content (AvgIpc) is 3.20. The molecule has 0 saturated heterocycles. The van der Waals surface area contributed by atoms with E-state index in [1.807, 2.05) is 20.8 Å². The van der Waals surface area contributed by atoms with Crippen molar-refractivity contribution in [3.05, 3.63) is 53.8 Å². The van der Waals surface area contributed by atoms with E-state index < -0.39 is 24.4 Å². The molecule has 1 aromatic heterocycles. The van der Waals surface area contributed by atoms with Crippen LogP contribution in [0.5, 0.6) is 5.75 Å². The van der Waals surface area contributed by atoms with Crippen molar-refractivity contribution < 1.29 is 29.1 Å². The third kappa shape index (κ3) is 4.67. The van der Waals surface area contributed by atoms with Crippen molar-refractivity contribution in [1.29, 1.82) is 0 Å². The molecule has 30 heavy (non-hydrogen) atoms. The summed E-state index contributed by atoms with van der Waals surface area (Å²) in [7, 11) is 0. The van der Waals surface area contributed by atoms with E-state index in [9.17, 15) is 14.7 Å². The Morgan fingerprint density at radius 1 is 1.17 bits per heavy atom.